The van der Waals surface area contributed by atoms with E-state index in [-0.39, 0.29) is 0 Å². The first-order valence-electron chi connectivity index (χ1n) is 2.87. The maximum absolute atomic E-state index is 10.6. The molecule has 0 saturated carbocycles. The third kappa shape index (κ3) is 1.48. The smallest absolute Gasteiger partial charge is 0.165 e. The third-order valence-electron chi connectivity index (χ3n) is 1.14. The maximum Gasteiger partial charge on any atom is 0.165 e. The summed E-state index contributed by atoms with van der Waals surface area (Å²) in [5.74, 6) is 0.396. The summed E-state index contributed by atoms with van der Waals surface area (Å²) < 4.78 is 14.5. The normalized spacial score (nSPS) is 25.2. The fourth-order valence-corrected chi connectivity index (χ4v) is 1.39. The van der Waals surface area contributed by atoms with Gasteiger partial charge in [-0.1, -0.05) is 13.8 Å². The van der Waals surface area contributed by atoms with Gasteiger partial charge in [0.15, 0.2) is 11.0 Å². The Morgan fingerprint density at radius 1 is 1.67 bits per heavy atom. The van der Waals surface area contributed by atoms with E-state index in [1.54, 1.807) is 5.41 Å². The minimum absolute atomic E-state index is 0.396. The molecule has 0 amide bonds. The fraction of sp³-hybridized carbons (Fsp3) is 0.500. The number of rotatable bonds is 1. The Hall–Kier alpha value is -0.440. The molecule has 0 fully saturated rings. The second-order valence-corrected chi connectivity index (χ2v) is 3.26. The van der Waals surface area contributed by atoms with Crippen molar-refractivity contribution in [3.8, 4) is 0 Å². The molecule has 0 radical (unpaired) electrons. The first-order valence-corrected chi connectivity index (χ1v) is 4.04. The van der Waals surface area contributed by atoms with Crippen LogP contribution in [-0.2, 0) is 11.0 Å². The van der Waals surface area contributed by atoms with Crippen molar-refractivity contribution >= 4 is 16.7 Å². The van der Waals surface area contributed by atoms with Gasteiger partial charge in [0.2, 0.25) is 0 Å². The van der Waals surface area contributed by atoms with Crippen LogP contribution in [-0.4, -0.2) is 9.92 Å². The lowest BCUT2D eigenvalue weighted by Gasteiger charge is -1.96. The van der Waals surface area contributed by atoms with Crippen LogP contribution in [0.2, 0.25) is 0 Å². The summed E-state index contributed by atoms with van der Waals surface area (Å²) in [6.07, 6.45) is 1.82. The molecule has 0 saturated heterocycles. The zero-order chi connectivity index (χ0) is 6.85. The Morgan fingerprint density at radius 3 is 2.56 bits per heavy atom. The van der Waals surface area contributed by atoms with E-state index in [4.69, 9.17) is 0 Å². The maximum atomic E-state index is 10.6. The van der Waals surface area contributed by atoms with Crippen LogP contribution in [0.1, 0.15) is 13.8 Å². The summed E-state index contributed by atoms with van der Waals surface area (Å²) >= 11 is 0. The zero-order valence-electron chi connectivity index (χ0n) is 5.50. The van der Waals surface area contributed by atoms with Gasteiger partial charge in [-0.2, -0.15) is 4.40 Å². The Balaban J connectivity index is 2.75. The van der Waals surface area contributed by atoms with Crippen molar-refractivity contribution in [3.63, 3.8) is 0 Å². The fourth-order valence-electron chi connectivity index (χ4n) is 0.591. The van der Waals surface area contributed by atoms with Crippen LogP contribution in [0, 0.1) is 5.92 Å². The topological polar surface area (TPSA) is 29.4 Å². The van der Waals surface area contributed by atoms with Crippen LogP contribution in [0.5, 0.6) is 0 Å². The van der Waals surface area contributed by atoms with Gasteiger partial charge in [0.1, 0.15) is 0 Å². The number of hydrogen-bond acceptors (Lipinski definition) is 1. The van der Waals surface area contributed by atoms with Gasteiger partial charge in [0, 0.05) is 5.41 Å². The van der Waals surface area contributed by atoms with Gasteiger partial charge in [-0.05, 0) is 12.0 Å². The molecule has 50 valence electrons. The molecular weight excluding hydrogens is 134 g/mol. The van der Waals surface area contributed by atoms with Crippen molar-refractivity contribution in [2.24, 2.45) is 10.3 Å². The second kappa shape index (κ2) is 2.43. The highest BCUT2D eigenvalue weighted by molar-refractivity contribution is 7.87. The van der Waals surface area contributed by atoms with Crippen molar-refractivity contribution in [3.05, 3.63) is 11.5 Å². The van der Waals surface area contributed by atoms with Crippen LogP contribution in [0.25, 0.3) is 0 Å². The quantitative estimate of drug-likeness (QED) is 0.543. The molecule has 0 aromatic heterocycles. The number of hydrogen-bond donors (Lipinski definition) is 0. The van der Waals surface area contributed by atoms with Crippen LogP contribution < -0.4 is 0 Å². The summed E-state index contributed by atoms with van der Waals surface area (Å²) in [6, 6.07) is 0. The Morgan fingerprint density at radius 2 is 2.33 bits per heavy atom. The molecule has 0 N–H and O–H groups in total. The molecule has 1 heterocycles. The first-order chi connectivity index (χ1) is 4.20. The predicted octanol–water partition coefficient (Wildman–Crippen LogP) is 1.27. The summed E-state index contributed by atoms with van der Waals surface area (Å²) in [7, 11) is -1.07. The lowest BCUT2D eigenvalue weighted by Crippen LogP contribution is -2.00. The lowest BCUT2D eigenvalue weighted by molar-refractivity contribution is 0.690. The average molecular weight is 143 g/mol. The summed E-state index contributed by atoms with van der Waals surface area (Å²) in [5.41, 5.74) is 0.938. The second-order valence-electron chi connectivity index (χ2n) is 2.25. The van der Waals surface area contributed by atoms with E-state index in [2.05, 4.69) is 4.40 Å². The van der Waals surface area contributed by atoms with Gasteiger partial charge in [0.25, 0.3) is 0 Å². The van der Waals surface area contributed by atoms with Crippen LogP contribution >= 0.6 is 0 Å². The van der Waals surface area contributed by atoms with E-state index in [0.717, 1.165) is 5.71 Å². The monoisotopic (exact) mass is 143 g/mol. The molecule has 1 rings (SSSR count). The predicted molar refractivity (Wildman–Crippen MR) is 39.6 cm³/mol. The minimum atomic E-state index is -1.07. The van der Waals surface area contributed by atoms with Gasteiger partial charge in [-0.3, -0.25) is 0 Å². The molecule has 1 unspecified atom stereocenters. The van der Waals surface area contributed by atoms with Gasteiger partial charge in [0.05, 0.1) is 5.71 Å². The average Bonchev–Trinajstić information content (AvgIpc) is 2.14. The third-order valence-corrected chi connectivity index (χ3v) is 1.90. The van der Waals surface area contributed by atoms with Crippen molar-refractivity contribution in [1.82, 2.24) is 0 Å². The van der Waals surface area contributed by atoms with E-state index in [9.17, 15) is 4.21 Å². The Kier molecular flexibility index (Phi) is 1.81. The molecule has 0 spiro atoms. The van der Waals surface area contributed by atoms with E-state index < -0.39 is 11.0 Å². The molecule has 9 heavy (non-hydrogen) atoms. The lowest BCUT2D eigenvalue weighted by atomic mass is 10.1. The van der Waals surface area contributed by atoms with E-state index in [0.29, 0.717) is 5.92 Å². The molecule has 2 nitrogen and oxygen atoms in total. The highest BCUT2D eigenvalue weighted by Gasteiger charge is 2.07. The molecule has 1 atom stereocenters. The van der Waals surface area contributed by atoms with Crippen molar-refractivity contribution in [2.75, 3.05) is 0 Å². The molecule has 3 heteroatoms. The number of allylic oxidation sites excluding steroid dienone is 1. The van der Waals surface area contributed by atoms with Crippen molar-refractivity contribution < 1.29 is 4.21 Å². The summed E-state index contributed by atoms with van der Waals surface area (Å²) in [4.78, 5) is 0. The van der Waals surface area contributed by atoms with Gasteiger partial charge >= 0.3 is 0 Å². The van der Waals surface area contributed by atoms with Gasteiger partial charge in [-0.25, -0.2) is 4.21 Å². The van der Waals surface area contributed by atoms with E-state index in [1.807, 2.05) is 19.9 Å². The molecule has 0 aliphatic carbocycles. The van der Waals surface area contributed by atoms with Gasteiger partial charge in [-0.15, -0.1) is 0 Å². The highest BCUT2D eigenvalue weighted by atomic mass is 32.2. The Labute approximate surface area is 57.3 Å². The first kappa shape index (κ1) is 6.68. The molecule has 0 aromatic rings. The summed E-state index contributed by atoms with van der Waals surface area (Å²) in [6.45, 7) is 4.07. The van der Waals surface area contributed by atoms with Crippen LogP contribution in [0.15, 0.2) is 15.9 Å². The molecule has 1 aliphatic rings. The molecule has 0 bridgehead atoms. The summed E-state index contributed by atoms with van der Waals surface area (Å²) in [5, 5.41) is 1.61. The highest BCUT2D eigenvalue weighted by Crippen LogP contribution is 2.07. The van der Waals surface area contributed by atoms with E-state index in [1.165, 1.54) is 0 Å². The van der Waals surface area contributed by atoms with Crippen molar-refractivity contribution in [1.29, 1.82) is 0 Å². The SMILES string of the molecule is CC(C)C1=NS(=O)C=C1. The largest absolute Gasteiger partial charge is 0.230 e. The zero-order valence-corrected chi connectivity index (χ0v) is 6.31. The standard InChI is InChI=1S/C6H9NOS/c1-5(2)6-3-4-9(8)7-6/h3-5H,1-2H3. The van der Waals surface area contributed by atoms with Crippen molar-refractivity contribution in [2.45, 2.75) is 13.8 Å². The van der Waals surface area contributed by atoms with E-state index >= 15 is 0 Å². The Bertz CT molecular complexity index is 193. The molecular formula is C6H9NOS. The van der Waals surface area contributed by atoms with Crippen LogP contribution in [0.4, 0.5) is 0 Å². The van der Waals surface area contributed by atoms with Crippen LogP contribution in [0.3, 0.4) is 0 Å². The minimum Gasteiger partial charge on any atom is -0.230 e. The molecule has 1 aliphatic heterocycles. The molecule has 0 aromatic carbocycles. The number of nitrogens with zero attached hydrogens (tertiary/aromatic N) is 1. The van der Waals surface area contributed by atoms with Gasteiger partial charge < -0.3 is 0 Å².